The van der Waals surface area contributed by atoms with Crippen molar-refractivity contribution in [2.75, 3.05) is 4.90 Å². The van der Waals surface area contributed by atoms with Crippen LogP contribution in [-0.2, 0) is 19.4 Å². The number of anilines is 1. The number of nitro benzene ring substituents is 1. The molecule has 10 nitrogen and oxygen atoms in total. The van der Waals surface area contributed by atoms with E-state index in [1.54, 1.807) is 17.5 Å². The number of hydrogen-bond acceptors (Lipinski definition) is 10. The quantitative estimate of drug-likeness (QED) is 0.106. The Bertz CT molecular complexity index is 1710. The fraction of sp³-hybridized carbons (Fsp3) is 0.0417. The Hall–Kier alpha value is -3.91. The van der Waals surface area contributed by atoms with Crippen molar-refractivity contribution in [3.8, 4) is 0 Å². The largest absolute Gasteiger partial charge is 0.507 e. The summed E-state index contributed by atoms with van der Waals surface area (Å²) in [7, 11) is -4.13. The maximum absolute atomic E-state index is 13.2. The molecule has 14 heteroatoms. The lowest BCUT2D eigenvalue weighted by Crippen LogP contribution is -2.28. The standard InChI is InChI=1S/C24H14ClN3O7S3/c25-14-5-3-13(4-6-14)21(29)19-20(17-2-1-11-36-17)27(23(31)22(19)30)24-26-12-18(37-24)38(34,35)16-9-7-15(8-10-16)28(32)33/h1-12,20,29H/t20-/m0/s1. The zero-order chi connectivity index (χ0) is 27.2. The summed E-state index contributed by atoms with van der Waals surface area (Å²) in [6.45, 7) is 0. The van der Waals surface area contributed by atoms with E-state index in [0.717, 1.165) is 35.4 Å². The Labute approximate surface area is 228 Å². The number of ketones is 1. The number of Topliss-reactive ketones (excluding diaryl/α,β-unsaturated/α-hetero) is 1. The molecule has 38 heavy (non-hydrogen) atoms. The summed E-state index contributed by atoms with van der Waals surface area (Å²) >= 11 is 7.84. The lowest BCUT2D eigenvalue weighted by molar-refractivity contribution is -0.384. The number of aromatic nitrogens is 1. The molecule has 2 aromatic heterocycles. The first-order valence-corrected chi connectivity index (χ1v) is 14.2. The van der Waals surface area contributed by atoms with Crippen LogP contribution in [-0.4, -0.2) is 35.1 Å². The summed E-state index contributed by atoms with van der Waals surface area (Å²) in [5, 5.41) is 24.1. The third-order valence-corrected chi connectivity index (χ3v) is 10.1. The number of aliphatic hydroxyl groups excluding tert-OH is 1. The molecule has 1 fully saturated rings. The fourth-order valence-electron chi connectivity index (χ4n) is 3.86. The summed E-state index contributed by atoms with van der Waals surface area (Å²) in [4.78, 5) is 42.2. The molecule has 5 rings (SSSR count). The third-order valence-electron chi connectivity index (χ3n) is 5.68. The molecule has 192 valence electrons. The van der Waals surface area contributed by atoms with E-state index < -0.39 is 38.3 Å². The van der Waals surface area contributed by atoms with E-state index in [4.69, 9.17) is 11.6 Å². The van der Waals surface area contributed by atoms with Crippen molar-refractivity contribution < 1.29 is 28.0 Å². The summed E-state index contributed by atoms with van der Waals surface area (Å²) in [5.74, 6) is -2.34. The molecule has 1 N–H and O–H groups in total. The number of rotatable bonds is 6. The predicted octanol–water partition coefficient (Wildman–Crippen LogP) is 5.23. The molecule has 1 amide bonds. The summed E-state index contributed by atoms with van der Waals surface area (Å²) < 4.78 is 26.1. The SMILES string of the molecule is O=C1C(=O)N(c2ncc(S(=O)(=O)c3ccc([N+](=O)[O-])cc3)s2)[C@@H](c2cccs2)C1=C(O)c1ccc(Cl)cc1. The van der Waals surface area contributed by atoms with Gasteiger partial charge in [0.25, 0.3) is 11.5 Å². The second-order valence-electron chi connectivity index (χ2n) is 7.91. The Morgan fingerprint density at radius 3 is 2.37 bits per heavy atom. The molecule has 0 spiro atoms. The molecule has 0 radical (unpaired) electrons. The van der Waals surface area contributed by atoms with Crippen LogP contribution in [0, 0.1) is 10.1 Å². The van der Waals surface area contributed by atoms with E-state index in [-0.39, 0.29) is 31.1 Å². The number of nitrogens with zero attached hydrogens (tertiary/aromatic N) is 3. The van der Waals surface area contributed by atoms with Crippen molar-refractivity contribution in [1.29, 1.82) is 0 Å². The topological polar surface area (TPSA) is 148 Å². The summed E-state index contributed by atoms with van der Waals surface area (Å²) in [5.41, 5.74) is -0.169. The van der Waals surface area contributed by atoms with Gasteiger partial charge in [0.1, 0.15) is 16.0 Å². The summed E-state index contributed by atoms with van der Waals surface area (Å²) in [6, 6.07) is 12.8. The molecule has 4 aromatic rings. The number of carbonyl (C=O) groups is 2. The Morgan fingerprint density at radius 1 is 1.08 bits per heavy atom. The molecule has 1 aliphatic rings. The maximum Gasteiger partial charge on any atom is 0.301 e. The van der Waals surface area contributed by atoms with E-state index >= 15 is 0 Å². The lowest BCUT2D eigenvalue weighted by Gasteiger charge is -2.21. The molecular formula is C24H14ClN3O7S3. The number of hydrogen-bond donors (Lipinski definition) is 1. The first kappa shape index (κ1) is 25.7. The molecule has 0 bridgehead atoms. The van der Waals surface area contributed by atoms with Crippen molar-refractivity contribution in [1.82, 2.24) is 4.98 Å². The van der Waals surface area contributed by atoms with Crippen LogP contribution >= 0.6 is 34.3 Å². The van der Waals surface area contributed by atoms with Crippen molar-refractivity contribution in [3.63, 3.8) is 0 Å². The van der Waals surface area contributed by atoms with Crippen LogP contribution < -0.4 is 4.90 Å². The van der Waals surface area contributed by atoms with Gasteiger partial charge in [-0.1, -0.05) is 29.0 Å². The Morgan fingerprint density at radius 2 is 1.76 bits per heavy atom. The molecule has 1 saturated heterocycles. The normalized spacial score (nSPS) is 17.2. The monoisotopic (exact) mass is 587 g/mol. The molecule has 1 atom stereocenters. The van der Waals surface area contributed by atoms with Crippen LogP contribution in [0.4, 0.5) is 10.8 Å². The highest BCUT2D eigenvalue weighted by molar-refractivity contribution is 7.93. The number of aliphatic hydroxyl groups is 1. The van der Waals surface area contributed by atoms with Gasteiger partial charge in [-0.3, -0.25) is 24.6 Å². The number of halogens is 1. The number of nitro groups is 1. The van der Waals surface area contributed by atoms with E-state index in [9.17, 15) is 33.2 Å². The van der Waals surface area contributed by atoms with Crippen molar-refractivity contribution in [3.05, 3.63) is 103 Å². The van der Waals surface area contributed by atoms with Gasteiger partial charge in [-0.05, 0) is 47.8 Å². The summed E-state index contributed by atoms with van der Waals surface area (Å²) in [6.07, 6.45) is 1.06. The van der Waals surface area contributed by atoms with Crippen LogP contribution in [0.5, 0.6) is 0 Å². The Balaban J connectivity index is 1.59. The molecule has 0 unspecified atom stereocenters. The van der Waals surface area contributed by atoms with Crippen LogP contribution in [0.25, 0.3) is 5.76 Å². The number of benzene rings is 2. The number of thiophene rings is 1. The van der Waals surface area contributed by atoms with Gasteiger partial charge in [0.15, 0.2) is 5.13 Å². The average Bonchev–Trinajstić information content (AvgIpc) is 3.65. The van der Waals surface area contributed by atoms with Crippen LogP contribution in [0.15, 0.2) is 86.9 Å². The molecule has 3 heterocycles. The van der Waals surface area contributed by atoms with E-state index in [1.165, 1.54) is 35.6 Å². The molecule has 0 aliphatic carbocycles. The van der Waals surface area contributed by atoms with Gasteiger partial charge in [-0.15, -0.1) is 11.3 Å². The highest BCUT2D eigenvalue weighted by Crippen LogP contribution is 2.45. The van der Waals surface area contributed by atoms with Gasteiger partial charge in [0, 0.05) is 27.6 Å². The number of thiazole rings is 1. The van der Waals surface area contributed by atoms with E-state index in [0.29, 0.717) is 21.2 Å². The second kappa shape index (κ2) is 9.76. The first-order valence-electron chi connectivity index (χ1n) is 10.7. The Kier molecular flexibility index (Phi) is 6.61. The molecular weight excluding hydrogens is 574 g/mol. The van der Waals surface area contributed by atoms with Crippen LogP contribution in [0.3, 0.4) is 0 Å². The van der Waals surface area contributed by atoms with Crippen LogP contribution in [0.1, 0.15) is 16.5 Å². The zero-order valence-electron chi connectivity index (χ0n) is 18.8. The first-order chi connectivity index (χ1) is 18.1. The second-order valence-corrected chi connectivity index (χ2v) is 12.5. The minimum atomic E-state index is -4.13. The molecule has 1 aliphatic heterocycles. The molecule has 2 aromatic carbocycles. The van der Waals surface area contributed by atoms with Crippen molar-refractivity contribution >= 4 is 72.4 Å². The third kappa shape index (κ3) is 4.39. The van der Waals surface area contributed by atoms with Gasteiger partial charge < -0.3 is 5.11 Å². The predicted molar refractivity (Wildman–Crippen MR) is 141 cm³/mol. The van der Waals surface area contributed by atoms with Gasteiger partial charge in [-0.25, -0.2) is 13.4 Å². The van der Waals surface area contributed by atoms with Gasteiger partial charge in [0.2, 0.25) is 9.84 Å². The van der Waals surface area contributed by atoms with E-state index in [1.807, 2.05) is 0 Å². The highest BCUT2D eigenvalue weighted by atomic mass is 35.5. The van der Waals surface area contributed by atoms with Crippen molar-refractivity contribution in [2.45, 2.75) is 15.1 Å². The number of carbonyl (C=O) groups excluding carboxylic acids is 2. The van der Waals surface area contributed by atoms with Gasteiger partial charge in [0.05, 0.1) is 21.6 Å². The fourth-order valence-corrected chi connectivity index (χ4v) is 7.35. The highest BCUT2D eigenvalue weighted by Gasteiger charge is 2.48. The lowest BCUT2D eigenvalue weighted by atomic mass is 10.00. The van der Waals surface area contributed by atoms with Gasteiger partial charge >= 0.3 is 5.91 Å². The van der Waals surface area contributed by atoms with Gasteiger partial charge in [-0.2, -0.15) is 0 Å². The van der Waals surface area contributed by atoms with Crippen LogP contribution in [0.2, 0.25) is 5.02 Å². The smallest absolute Gasteiger partial charge is 0.301 e. The molecule has 0 saturated carbocycles. The minimum Gasteiger partial charge on any atom is -0.507 e. The maximum atomic E-state index is 13.2. The number of amides is 1. The minimum absolute atomic E-state index is 0.0684. The average molecular weight is 588 g/mol. The van der Waals surface area contributed by atoms with Crippen molar-refractivity contribution in [2.24, 2.45) is 0 Å². The number of non-ortho nitro benzene ring substituents is 1. The van der Waals surface area contributed by atoms with E-state index in [2.05, 4.69) is 4.98 Å². The zero-order valence-corrected chi connectivity index (χ0v) is 22.1. The number of sulfone groups is 1.